The first-order chi connectivity index (χ1) is 9.20. The summed E-state index contributed by atoms with van der Waals surface area (Å²) in [6, 6.07) is 0. The summed E-state index contributed by atoms with van der Waals surface area (Å²) in [4.78, 5) is 16.1. The van der Waals surface area contributed by atoms with Crippen molar-refractivity contribution in [1.82, 2.24) is 4.98 Å². The quantitative estimate of drug-likeness (QED) is 0.753. The molecule has 0 aliphatic heterocycles. The van der Waals surface area contributed by atoms with E-state index in [4.69, 9.17) is 9.47 Å². The van der Waals surface area contributed by atoms with E-state index in [0.29, 0.717) is 13.2 Å². The molecule has 1 aliphatic carbocycles. The fraction of sp³-hybridized carbons (Fsp3) is 0.714. The van der Waals surface area contributed by atoms with Crippen LogP contribution in [0.3, 0.4) is 0 Å². The third kappa shape index (κ3) is 3.34. The molecular weight excluding hydrogens is 262 g/mol. The third-order valence-electron chi connectivity index (χ3n) is 3.40. The predicted octanol–water partition coefficient (Wildman–Crippen LogP) is 3.05. The second-order valence-electron chi connectivity index (χ2n) is 4.76. The molecule has 0 spiro atoms. The first-order valence-corrected chi connectivity index (χ1v) is 7.82. The van der Waals surface area contributed by atoms with E-state index in [0.717, 1.165) is 23.5 Å². The van der Waals surface area contributed by atoms with Gasteiger partial charge in [-0.15, -0.1) is 11.3 Å². The van der Waals surface area contributed by atoms with Gasteiger partial charge in [-0.1, -0.05) is 12.8 Å². The highest BCUT2D eigenvalue weighted by Gasteiger charge is 2.39. The lowest BCUT2D eigenvalue weighted by Crippen LogP contribution is -2.26. The molecule has 1 aromatic rings. The molecule has 0 radical (unpaired) electrons. The molecule has 1 heterocycles. The standard InChI is InChI=1S/C14H21NO3S/c1-3-17-12(16)9-11-10-19-13(15-11)14(18-4-2)7-5-6-8-14/h10H,3-9H2,1-2H3. The van der Waals surface area contributed by atoms with E-state index >= 15 is 0 Å². The van der Waals surface area contributed by atoms with Gasteiger partial charge in [0.25, 0.3) is 0 Å². The number of nitrogens with zero attached hydrogens (tertiary/aromatic N) is 1. The summed E-state index contributed by atoms with van der Waals surface area (Å²) < 4.78 is 10.9. The van der Waals surface area contributed by atoms with E-state index in [9.17, 15) is 4.79 Å². The molecular formula is C14H21NO3S. The maximum atomic E-state index is 11.5. The lowest BCUT2D eigenvalue weighted by molar-refractivity contribution is -0.142. The van der Waals surface area contributed by atoms with E-state index in [1.165, 1.54) is 12.8 Å². The maximum Gasteiger partial charge on any atom is 0.311 e. The fourth-order valence-corrected chi connectivity index (χ4v) is 3.63. The fourth-order valence-electron chi connectivity index (χ4n) is 2.60. The van der Waals surface area contributed by atoms with Gasteiger partial charge in [0.05, 0.1) is 18.7 Å². The van der Waals surface area contributed by atoms with Crippen molar-refractivity contribution in [3.8, 4) is 0 Å². The number of thiazole rings is 1. The Bertz CT molecular complexity index is 424. The largest absolute Gasteiger partial charge is 0.466 e. The summed E-state index contributed by atoms with van der Waals surface area (Å²) in [5, 5.41) is 2.97. The van der Waals surface area contributed by atoms with Crippen LogP contribution in [-0.2, 0) is 26.3 Å². The summed E-state index contributed by atoms with van der Waals surface area (Å²) in [6.45, 7) is 4.95. The van der Waals surface area contributed by atoms with Crippen molar-refractivity contribution in [2.24, 2.45) is 0 Å². The van der Waals surface area contributed by atoms with Crippen molar-refractivity contribution in [3.05, 3.63) is 16.1 Å². The number of ether oxygens (including phenoxy) is 2. The van der Waals surface area contributed by atoms with Crippen LogP contribution in [0.25, 0.3) is 0 Å². The minimum atomic E-state index is -0.212. The van der Waals surface area contributed by atoms with Crippen LogP contribution in [0.15, 0.2) is 5.38 Å². The number of carbonyl (C=O) groups excluding carboxylic acids is 1. The van der Waals surface area contributed by atoms with Gasteiger partial charge in [0.1, 0.15) is 10.6 Å². The van der Waals surface area contributed by atoms with E-state index in [2.05, 4.69) is 4.98 Å². The molecule has 19 heavy (non-hydrogen) atoms. The Morgan fingerprint density at radius 3 is 2.74 bits per heavy atom. The molecule has 2 rings (SSSR count). The minimum absolute atomic E-state index is 0.202. The number of rotatable bonds is 6. The van der Waals surface area contributed by atoms with Gasteiger partial charge in [0, 0.05) is 12.0 Å². The zero-order valence-corrected chi connectivity index (χ0v) is 12.4. The van der Waals surface area contributed by atoms with E-state index in [1.807, 2.05) is 19.2 Å². The smallest absolute Gasteiger partial charge is 0.311 e. The van der Waals surface area contributed by atoms with Gasteiger partial charge in [0.15, 0.2) is 0 Å². The molecule has 1 saturated carbocycles. The van der Waals surface area contributed by atoms with Gasteiger partial charge >= 0.3 is 5.97 Å². The first-order valence-electron chi connectivity index (χ1n) is 6.94. The average Bonchev–Trinajstić information content (AvgIpc) is 3.00. The Balaban J connectivity index is 2.08. The summed E-state index contributed by atoms with van der Waals surface area (Å²) in [6.07, 6.45) is 4.70. The molecule has 0 atom stereocenters. The van der Waals surface area contributed by atoms with Crippen LogP contribution in [0.4, 0.5) is 0 Å². The summed E-state index contributed by atoms with van der Waals surface area (Å²) in [7, 11) is 0. The minimum Gasteiger partial charge on any atom is -0.466 e. The average molecular weight is 283 g/mol. The van der Waals surface area contributed by atoms with E-state index in [-0.39, 0.29) is 18.0 Å². The molecule has 106 valence electrons. The van der Waals surface area contributed by atoms with Gasteiger partial charge in [0.2, 0.25) is 0 Å². The van der Waals surface area contributed by atoms with Crippen molar-refractivity contribution < 1.29 is 14.3 Å². The molecule has 5 heteroatoms. The highest BCUT2D eigenvalue weighted by atomic mass is 32.1. The lowest BCUT2D eigenvalue weighted by atomic mass is 10.0. The topological polar surface area (TPSA) is 48.4 Å². The van der Waals surface area contributed by atoms with Crippen molar-refractivity contribution in [3.63, 3.8) is 0 Å². The monoisotopic (exact) mass is 283 g/mol. The van der Waals surface area contributed by atoms with Crippen LogP contribution in [0.1, 0.15) is 50.2 Å². The van der Waals surface area contributed by atoms with E-state index < -0.39 is 0 Å². The first kappa shape index (κ1) is 14.5. The number of carbonyl (C=O) groups is 1. The number of aromatic nitrogens is 1. The van der Waals surface area contributed by atoms with Crippen molar-refractivity contribution in [1.29, 1.82) is 0 Å². The molecule has 4 nitrogen and oxygen atoms in total. The molecule has 0 unspecified atom stereocenters. The summed E-state index contributed by atoms with van der Waals surface area (Å²) in [5.74, 6) is -0.212. The van der Waals surface area contributed by atoms with Crippen LogP contribution >= 0.6 is 11.3 Å². The van der Waals surface area contributed by atoms with Gasteiger partial charge < -0.3 is 9.47 Å². The molecule has 1 aliphatic rings. The van der Waals surface area contributed by atoms with Gasteiger partial charge in [-0.3, -0.25) is 4.79 Å². The Morgan fingerprint density at radius 1 is 1.37 bits per heavy atom. The van der Waals surface area contributed by atoms with Crippen LogP contribution in [0.2, 0.25) is 0 Å². The molecule has 1 aromatic heterocycles. The number of hydrogen-bond acceptors (Lipinski definition) is 5. The van der Waals surface area contributed by atoms with Crippen LogP contribution in [0.5, 0.6) is 0 Å². The highest BCUT2D eigenvalue weighted by Crippen LogP contribution is 2.43. The zero-order chi connectivity index (χ0) is 13.7. The molecule has 0 saturated heterocycles. The molecule has 0 N–H and O–H groups in total. The molecule has 0 aromatic carbocycles. The van der Waals surface area contributed by atoms with Crippen molar-refractivity contribution >= 4 is 17.3 Å². The Kier molecular flexibility index (Phi) is 4.93. The Hall–Kier alpha value is -0.940. The second-order valence-corrected chi connectivity index (χ2v) is 5.62. The SMILES string of the molecule is CCOC(=O)Cc1csc(C2(OCC)CCCC2)n1. The molecule has 1 fully saturated rings. The maximum absolute atomic E-state index is 11.5. The Morgan fingerprint density at radius 2 is 2.11 bits per heavy atom. The molecule has 0 amide bonds. The Labute approximate surface area is 118 Å². The van der Waals surface area contributed by atoms with Gasteiger partial charge in [-0.05, 0) is 26.7 Å². The number of hydrogen-bond donors (Lipinski definition) is 0. The summed E-state index contributed by atoms with van der Waals surface area (Å²) >= 11 is 1.60. The molecule has 0 bridgehead atoms. The van der Waals surface area contributed by atoms with Crippen LogP contribution in [-0.4, -0.2) is 24.2 Å². The number of esters is 1. The zero-order valence-electron chi connectivity index (χ0n) is 11.6. The lowest BCUT2D eigenvalue weighted by Gasteiger charge is -2.26. The summed E-state index contributed by atoms with van der Waals surface area (Å²) in [5.41, 5.74) is 0.594. The normalized spacial score (nSPS) is 17.6. The van der Waals surface area contributed by atoms with Crippen molar-refractivity contribution in [2.45, 2.75) is 51.6 Å². The van der Waals surface area contributed by atoms with Crippen LogP contribution in [0, 0.1) is 0 Å². The van der Waals surface area contributed by atoms with Gasteiger partial charge in [-0.25, -0.2) is 4.98 Å². The second kappa shape index (κ2) is 6.48. The van der Waals surface area contributed by atoms with Crippen LogP contribution < -0.4 is 0 Å². The van der Waals surface area contributed by atoms with Crippen molar-refractivity contribution in [2.75, 3.05) is 13.2 Å². The highest BCUT2D eigenvalue weighted by molar-refractivity contribution is 7.09. The predicted molar refractivity (Wildman–Crippen MR) is 74.2 cm³/mol. The third-order valence-corrected chi connectivity index (χ3v) is 4.48. The van der Waals surface area contributed by atoms with Gasteiger partial charge in [-0.2, -0.15) is 0 Å². The van der Waals surface area contributed by atoms with E-state index in [1.54, 1.807) is 11.3 Å².